The van der Waals surface area contributed by atoms with E-state index in [0.717, 1.165) is 18.6 Å². The molecule has 0 spiro atoms. The highest BCUT2D eigenvalue weighted by Gasteiger charge is 2.60. The van der Waals surface area contributed by atoms with Crippen LogP contribution in [-0.4, -0.2) is 46.3 Å². The average Bonchev–Trinajstić information content (AvgIpc) is 3.28. The fraction of sp³-hybridized carbons (Fsp3) is 0.867. The van der Waals surface area contributed by atoms with E-state index in [2.05, 4.69) is 5.32 Å². The largest absolute Gasteiger partial charge is 0.340 e. The van der Waals surface area contributed by atoms with Crippen LogP contribution in [-0.2, 0) is 9.59 Å². The first-order chi connectivity index (χ1) is 9.46. The van der Waals surface area contributed by atoms with E-state index in [-0.39, 0.29) is 11.8 Å². The van der Waals surface area contributed by atoms with Crippen LogP contribution in [0, 0.1) is 5.92 Å². The van der Waals surface area contributed by atoms with Crippen LogP contribution < -0.4 is 5.32 Å². The van der Waals surface area contributed by atoms with E-state index in [1.807, 2.05) is 31.9 Å². The van der Waals surface area contributed by atoms with Crippen molar-refractivity contribution in [3.8, 4) is 0 Å². The molecule has 1 aliphatic heterocycles. The molecule has 1 unspecified atom stereocenters. The van der Waals surface area contributed by atoms with Gasteiger partial charge in [-0.25, -0.2) is 0 Å². The lowest BCUT2D eigenvalue weighted by Gasteiger charge is -2.51. The van der Waals surface area contributed by atoms with E-state index in [0.29, 0.717) is 25.3 Å². The van der Waals surface area contributed by atoms with Crippen LogP contribution in [0.4, 0.5) is 0 Å². The van der Waals surface area contributed by atoms with Gasteiger partial charge in [0.1, 0.15) is 11.1 Å². The lowest BCUT2D eigenvalue weighted by Crippen LogP contribution is -2.75. The van der Waals surface area contributed by atoms with Gasteiger partial charge in [0.05, 0.1) is 0 Å². The number of piperazine rings is 1. The minimum absolute atomic E-state index is 0.0457. The zero-order valence-corrected chi connectivity index (χ0v) is 13.8. The first kappa shape index (κ1) is 15.7. The molecule has 20 heavy (non-hydrogen) atoms. The van der Waals surface area contributed by atoms with E-state index in [1.54, 1.807) is 11.8 Å². The van der Waals surface area contributed by atoms with Gasteiger partial charge < -0.3 is 10.2 Å². The molecule has 0 radical (unpaired) electrons. The number of nitrogens with one attached hydrogen (secondary N) is 1. The number of amides is 2. The molecular formula is C15H26N2O2S. The van der Waals surface area contributed by atoms with Gasteiger partial charge >= 0.3 is 0 Å². The molecule has 1 aliphatic carbocycles. The highest BCUT2D eigenvalue weighted by atomic mass is 32.2. The quantitative estimate of drug-likeness (QED) is 0.816. The van der Waals surface area contributed by atoms with Crippen LogP contribution in [0.1, 0.15) is 46.5 Å². The van der Waals surface area contributed by atoms with Crippen LogP contribution in [0.2, 0.25) is 0 Å². The Hall–Kier alpha value is -0.710. The molecular weight excluding hydrogens is 272 g/mol. The molecule has 4 nitrogen and oxygen atoms in total. The minimum Gasteiger partial charge on any atom is -0.340 e. The van der Waals surface area contributed by atoms with Crippen molar-refractivity contribution in [3.63, 3.8) is 0 Å². The Bertz CT molecular complexity index is 405. The topological polar surface area (TPSA) is 49.4 Å². The molecule has 0 aromatic carbocycles. The van der Waals surface area contributed by atoms with Gasteiger partial charge in [0, 0.05) is 12.3 Å². The Labute approximate surface area is 126 Å². The SMILES string of the molecule is CCC1(CC)NC(=O)C(C)(C2CC2)N(CCSC)C1=O. The summed E-state index contributed by atoms with van der Waals surface area (Å²) in [5.41, 5.74) is -1.33. The standard InChI is InChI=1S/C15H26N2O2S/c1-5-15(6-2)13(19)17(9-10-20-4)14(3,11-7-8-11)12(18)16-15/h11H,5-10H2,1-4H3,(H,16,18). The lowest BCUT2D eigenvalue weighted by atomic mass is 9.80. The van der Waals surface area contributed by atoms with Crippen molar-refractivity contribution >= 4 is 23.6 Å². The second kappa shape index (κ2) is 5.58. The van der Waals surface area contributed by atoms with Gasteiger partial charge in [0.25, 0.3) is 0 Å². The minimum atomic E-state index is -0.691. The molecule has 114 valence electrons. The summed E-state index contributed by atoms with van der Waals surface area (Å²) in [6, 6.07) is 0. The maximum absolute atomic E-state index is 13.0. The first-order valence-electron chi connectivity index (χ1n) is 7.60. The smallest absolute Gasteiger partial charge is 0.249 e. The fourth-order valence-electron chi connectivity index (χ4n) is 3.29. The van der Waals surface area contributed by atoms with Gasteiger partial charge in [-0.1, -0.05) is 13.8 Å². The highest BCUT2D eigenvalue weighted by Crippen LogP contribution is 2.46. The summed E-state index contributed by atoms with van der Waals surface area (Å²) in [6.07, 6.45) is 5.46. The van der Waals surface area contributed by atoms with E-state index in [9.17, 15) is 9.59 Å². The Morgan fingerprint density at radius 3 is 2.35 bits per heavy atom. The van der Waals surface area contributed by atoms with Crippen molar-refractivity contribution < 1.29 is 9.59 Å². The maximum atomic E-state index is 13.0. The molecule has 2 amide bonds. The van der Waals surface area contributed by atoms with Gasteiger partial charge in [0.2, 0.25) is 11.8 Å². The van der Waals surface area contributed by atoms with Crippen LogP contribution in [0.25, 0.3) is 0 Å². The summed E-state index contributed by atoms with van der Waals surface area (Å²) in [5, 5.41) is 3.06. The van der Waals surface area contributed by atoms with Gasteiger partial charge in [-0.05, 0) is 44.8 Å². The highest BCUT2D eigenvalue weighted by molar-refractivity contribution is 7.98. The third-order valence-corrected chi connectivity index (χ3v) is 5.72. The monoisotopic (exact) mass is 298 g/mol. The number of hydrogen-bond donors (Lipinski definition) is 1. The molecule has 0 bridgehead atoms. The number of carbonyl (C=O) groups is 2. The molecule has 2 rings (SSSR count). The van der Waals surface area contributed by atoms with Gasteiger partial charge in [-0.15, -0.1) is 0 Å². The van der Waals surface area contributed by atoms with E-state index in [1.165, 1.54) is 0 Å². The number of thioether (sulfide) groups is 1. The molecule has 1 N–H and O–H groups in total. The second-order valence-electron chi connectivity index (χ2n) is 6.11. The fourth-order valence-corrected chi connectivity index (χ4v) is 3.65. The van der Waals surface area contributed by atoms with Crippen LogP contribution >= 0.6 is 11.8 Å². The molecule has 1 atom stereocenters. The third kappa shape index (κ3) is 2.24. The molecule has 1 saturated carbocycles. The van der Waals surface area contributed by atoms with Gasteiger partial charge in [-0.2, -0.15) is 11.8 Å². The zero-order valence-electron chi connectivity index (χ0n) is 13.0. The van der Waals surface area contributed by atoms with Gasteiger partial charge in [-0.3, -0.25) is 9.59 Å². The normalized spacial score (nSPS) is 29.5. The average molecular weight is 298 g/mol. The van der Waals surface area contributed by atoms with Crippen LogP contribution in [0.3, 0.4) is 0 Å². The molecule has 1 heterocycles. The van der Waals surface area contributed by atoms with Crippen molar-refractivity contribution in [2.24, 2.45) is 5.92 Å². The maximum Gasteiger partial charge on any atom is 0.249 e. The molecule has 0 aromatic heterocycles. The first-order valence-corrected chi connectivity index (χ1v) is 8.99. The molecule has 1 saturated heterocycles. The van der Waals surface area contributed by atoms with Crippen molar-refractivity contribution in [2.75, 3.05) is 18.6 Å². The summed E-state index contributed by atoms with van der Waals surface area (Å²) in [6.45, 7) is 6.58. The lowest BCUT2D eigenvalue weighted by molar-refractivity contribution is -0.163. The number of carbonyl (C=O) groups excluding carboxylic acids is 2. The Morgan fingerprint density at radius 1 is 1.30 bits per heavy atom. The summed E-state index contributed by atoms with van der Waals surface area (Å²) < 4.78 is 0. The van der Waals surface area contributed by atoms with Crippen molar-refractivity contribution in [2.45, 2.75) is 57.5 Å². The zero-order chi connectivity index (χ0) is 15.0. The summed E-state index contributed by atoms with van der Waals surface area (Å²) in [7, 11) is 0. The predicted molar refractivity (Wildman–Crippen MR) is 82.7 cm³/mol. The molecule has 2 aliphatic rings. The Morgan fingerprint density at radius 2 is 1.90 bits per heavy atom. The van der Waals surface area contributed by atoms with Gasteiger partial charge in [0.15, 0.2) is 0 Å². The Balaban J connectivity index is 2.36. The van der Waals surface area contributed by atoms with Crippen molar-refractivity contribution in [1.82, 2.24) is 10.2 Å². The number of rotatable bonds is 6. The van der Waals surface area contributed by atoms with Crippen LogP contribution in [0.5, 0.6) is 0 Å². The van der Waals surface area contributed by atoms with E-state index >= 15 is 0 Å². The van der Waals surface area contributed by atoms with E-state index in [4.69, 9.17) is 0 Å². The number of hydrogen-bond acceptors (Lipinski definition) is 3. The molecule has 0 aromatic rings. The van der Waals surface area contributed by atoms with Crippen LogP contribution in [0.15, 0.2) is 0 Å². The van der Waals surface area contributed by atoms with E-state index < -0.39 is 11.1 Å². The molecule has 5 heteroatoms. The molecule has 2 fully saturated rings. The van der Waals surface area contributed by atoms with Crippen molar-refractivity contribution in [3.05, 3.63) is 0 Å². The summed E-state index contributed by atoms with van der Waals surface area (Å²) in [4.78, 5) is 27.6. The number of nitrogens with zero attached hydrogens (tertiary/aromatic N) is 1. The predicted octanol–water partition coefficient (Wildman–Crippen LogP) is 2.04. The summed E-state index contributed by atoms with van der Waals surface area (Å²) >= 11 is 1.72. The second-order valence-corrected chi connectivity index (χ2v) is 7.10. The summed E-state index contributed by atoms with van der Waals surface area (Å²) in [5.74, 6) is 1.38. The third-order valence-electron chi connectivity index (χ3n) is 5.13. The van der Waals surface area contributed by atoms with Crippen molar-refractivity contribution in [1.29, 1.82) is 0 Å². The Kier molecular flexibility index (Phi) is 4.38.